The molecule has 0 saturated heterocycles. The third kappa shape index (κ3) is 4.54. The Morgan fingerprint density at radius 2 is 1.91 bits per heavy atom. The highest BCUT2D eigenvalue weighted by Gasteiger charge is 2.31. The number of aromatic nitrogens is 3. The fourth-order valence-electron chi connectivity index (χ4n) is 3.35. The van der Waals surface area contributed by atoms with Crippen LogP contribution < -0.4 is 10.2 Å². The molecule has 32 heavy (non-hydrogen) atoms. The number of fused-ring (bicyclic) bond motifs is 1. The number of pyridine rings is 1. The van der Waals surface area contributed by atoms with Crippen LogP contribution in [0, 0.1) is 0 Å². The highest BCUT2D eigenvalue weighted by Crippen LogP contribution is 2.32. The summed E-state index contributed by atoms with van der Waals surface area (Å²) in [7, 11) is 0. The van der Waals surface area contributed by atoms with Crippen molar-refractivity contribution in [1.82, 2.24) is 15.0 Å². The molecule has 0 bridgehead atoms. The molecule has 4 rings (SSSR count). The third-order valence-electron chi connectivity index (χ3n) is 4.96. The molecule has 3 aromatic rings. The maximum atomic E-state index is 13.1. The maximum absolute atomic E-state index is 13.1. The van der Waals surface area contributed by atoms with Crippen molar-refractivity contribution in [1.29, 1.82) is 0 Å². The zero-order chi connectivity index (χ0) is 23.1. The molecule has 166 valence electrons. The highest BCUT2D eigenvalue weighted by atomic mass is 19.4. The Bertz CT molecular complexity index is 1160. The third-order valence-corrected chi connectivity index (χ3v) is 4.96. The Morgan fingerprint density at radius 3 is 2.56 bits per heavy atom. The van der Waals surface area contributed by atoms with Crippen molar-refractivity contribution in [3.8, 4) is 11.3 Å². The molecule has 2 N–H and O–H groups in total. The van der Waals surface area contributed by atoms with E-state index in [1.54, 1.807) is 43.1 Å². The van der Waals surface area contributed by atoms with Gasteiger partial charge in [0.25, 0.3) is 0 Å². The largest absolute Gasteiger partial charge is 0.416 e. The Hall–Kier alpha value is -3.53. The van der Waals surface area contributed by atoms with E-state index >= 15 is 0 Å². The molecule has 7 nitrogen and oxygen atoms in total. The van der Waals surface area contributed by atoms with Gasteiger partial charge in [-0.15, -0.1) is 0 Å². The lowest BCUT2D eigenvalue weighted by Gasteiger charge is -2.29. The van der Waals surface area contributed by atoms with Crippen LogP contribution in [0.25, 0.3) is 11.3 Å². The van der Waals surface area contributed by atoms with Crippen LogP contribution in [0.1, 0.15) is 30.7 Å². The minimum Gasteiger partial charge on any atom is -0.384 e. The molecule has 0 spiro atoms. The topological polar surface area (TPSA) is 91.2 Å². The number of benzene rings is 1. The quantitative estimate of drug-likeness (QED) is 0.638. The molecule has 0 radical (unpaired) electrons. The lowest BCUT2D eigenvalue weighted by molar-refractivity contribution is -0.137. The lowest BCUT2D eigenvalue weighted by atomic mass is 10.0. The minimum atomic E-state index is -4.46. The van der Waals surface area contributed by atoms with Crippen LogP contribution in [-0.4, -0.2) is 32.5 Å². The van der Waals surface area contributed by atoms with E-state index in [1.807, 2.05) is 0 Å². The summed E-state index contributed by atoms with van der Waals surface area (Å²) in [5, 5.41) is 12.7. The van der Waals surface area contributed by atoms with Gasteiger partial charge in [-0.1, -0.05) is 12.1 Å². The Balaban J connectivity index is 1.66. The monoisotopic (exact) mass is 443 g/mol. The predicted octanol–water partition coefficient (Wildman–Crippen LogP) is 3.74. The van der Waals surface area contributed by atoms with Gasteiger partial charge in [0.15, 0.2) is 11.6 Å². The van der Waals surface area contributed by atoms with E-state index in [1.165, 1.54) is 12.3 Å². The van der Waals surface area contributed by atoms with Gasteiger partial charge in [0.2, 0.25) is 5.91 Å². The van der Waals surface area contributed by atoms with Gasteiger partial charge >= 0.3 is 6.18 Å². The molecule has 0 saturated carbocycles. The van der Waals surface area contributed by atoms with Crippen LogP contribution in [0.4, 0.5) is 24.8 Å². The number of aliphatic hydroxyl groups is 1. The molecule has 0 unspecified atom stereocenters. The molecule has 1 aromatic carbocycles. The van der Waals surface area contributed by atoms with Crippen molar-refractivity contribution >= 4 is 17.5 Å². The number of nitrogens with zero attached hydrogens (tertiary/aromatic N) is 4. The van der Waals surface area contributed by atoms with E-state index in [4.69, 9.17) is 0 Å². The van der Waals surface area contributed by atoms with Gasteiger partial charge in [0.05, 0.1) is 29.7 Å². The van der Waals surface area contributed by atoms with Crippen LogP contribution in [0.15, 0.2) is 48.8 Å². The van der Waals surface area contributed by atoms with Crippen molar-refractivity contribution in [3.05, 3.63) is 65.6 Å². The fraction of sp³-hybridized carbons (Fsp3) is 0.273. The first-order valence-corrected chi connectivity index (χ1v) is 9.78. The number of hydrogen-bond donors (Lipinski definition) is 2. The normalized spacial score (nSPS) is 14.2. The smallest absolute Gasteiger partial charge is 0.384 e. The molecule has 0 atom stereocenters. The van der Waals surface area contributed by atoms with Crippen LogP contribution in [0.5, 0.6) is 0 Å². The fourth-order valence-corrected chi connectivity index (χ4v) is 3.35. The van der Waals surface area contributed by atoms with E-state index in [0.717, 1.165) is 12.1 Å². The number of carbonyl (C=O) groups is 1. The second kappa shape index (κ2) is 7.86. The van der Waals surface area contributed by atoms with Gasteiger partial charge < -0.3 is 15.3 Å². The molecule has 1 aliphatic heterocycles. The Morgan fingerprint density at radius 1 is 1.12 bits per heavy atom. The summed E-state index contributed by atoms with van der Waals surface area (Å²) < 4.78 is 39.2. The van der Waals surface area contributed by atoms with Crippen LogP contribution >= 0.6 is 0 Å². The summed E-state index contributed by atoms with van der Waals surface area (Å²) in [5.41, 5.74) is 0.156. The number of amides is 1. The summed E-state index contributed by atoms with van der Waals surface area (Å²) in [6.07, 6.45) is -1.42. The number of carbonyl (C=O) groups excluding carboxylic acids is 1. The predicted molar refractivity (Wildman–Crippen MR) is 112 cm³/mol. The maximum Gasteiger partial charge on any atom is 0.416 e. The van der Waals surface area contributed by atoms with E-state index in [9.17, 15) is 23.1 Å². The van der Waals surface area contributed by atoms with Crippen LogP contribution in [0.2, 0.25) is 0 Å². The van der Waals surface area contributed by atoms with Crippen molar-refractivity contribution in [3.63, 3.8) is 0 Å². The Labute approximate surface area is 182 Å². The zero-order valence-corrected chi connectivity index (χ0v) is 17.3. The first-order valence-electron chi connectivity index (χ1n) is 9.78. The molecular weight excluding hydrogens is 423 g/mol. The summed E-state index contributed by atoms with van der Waals surface area (Å²) in [6.45, 7) is 3.24. The number of alkyl halides is 3. The first-order chi connectivity index (χ1) is 15.0. The molecule has 0 aliphatic carbocycles. The Kier molecular flexibility index (Phi) is 5.33. The van der Waals surface area contributed by atoms with E-state index in [-0.39, 0.29) is 24.8 Å². The van der Waals surface area contributed by atoms with Gasteiger partial charge in [0, 0.05) is 18.3 Å². The highest BCUT2D eigenvalue weighted by molar-refractivity contribution is 5.99. The van der Waals surface area contributed by atoms with Crippen LogP contribution in [-0.2, 0) is 23.1 Å². The van der Waals surface area contributed by atoms with E-state index < -0.39 is 17.3 Å². The van der Waals surface area contributed by atoms with Crippen molar-refractivity contribution < 1.29 is 23.1 Å². The number of halogens is 3. The number of nitrogens with one attached hydrogen (secondary N) is 1. The van der Waals surface area contributed by atoms with Gasteiger partial charge in [-0.2, -0.15) is 13.2 Å². The summed E-state index contributed by atoms with van der Waals surface area (Å²) in [4.78, 5) is 26.8. The van der Waals surface area contributed by atoms with Crippen LogP contribution in [0.3, 0.4) is 0 Å². The first kappa shape index (κ1) is 21.7. The van der Waals surface area contributed by atoms with Gasteiger partial charge in [-0.05, 0) is 43.7 Å². The van der Waals surface area contributed by atoms with E-state index in [2.05, 4.69) is 20.3 Å². The van der Waals surface area contributed by atoms with Gasteiger partial charge in [0.1, 0.15) is 5.60 Å². The molecule has 2 aromatic heterocycles. The average Bonchev–Trinajstić information content (AvgIpc) is 2.72. The number of rotatable bonds is 4. The van der Waals surface area contributed by atoms with Crippen molar-refractivity contribution in [2.24, 2.45) is 0 Å². The summed E-state index contributed by atoms with van der Waals surface area (Å²) >= 11 is 0. The molecule has 0 fully saturated rings. The standard InChI is InChI=1S/C22H20F3N5O2/c1-21(2,32)17-7-6-14(9-26-17)16-10-27-19-20(28-16)30(12-18(31)29-19)11-13-4-3-5-15(8-13)22(23,24)25/h3-10,32H,11-12H2,1-2H3,(H,27,29,31). The number of anilines is 2. The molecule has 3 heterocycles. The molecular formula is C22H20F3N5O2. The number of hydrogen-bond acceptors (Lipinski definition) is 6. The summed E-state index contributed by atoms with van der Waals surface area (Å²) in [6, 6.07) is 8.39. The SMILES string of the molecule is CC(C)(O)c1ccc(-c2cnc3c(n2)N(Cc2cccc(C(F)(F)F)c2)CC(=O)N3)cn1. The zero-order valence-electron chi connectivity index (χ0n) is 17.3. The minimum absolute atomic E-state index is 0.0539. The summed E-state index contributed by atoms with van der Waals surface area (Å²) in [5.74, 6) is 0.256. The molecule has 1 amide bonds. The molecule has 1 aliphatic rings. The van der Waals surface area contributed by atoms with Crippen molar-refractivity contribution in [2.45, 2.75) is 32.2 Å². The van der Waals surface area contributed by atoms with Gasteiger partial charge in [-0.25, -0.2) is 9.97 Å². The lowest BCUT2D eigenvalue weighted by Crippen LogP contribution is -2.39. The van der Waals surface area contributed by atoms with Crippen molar-refractivity contribution in [2.75, 3.05) is 16.8 Å². The van der Waals surface area contributed by atoms with Gasteiger partial charge in [-0.3, -0.25) is 9.78 Å². The second-order valence-electron chi connectivity index (χ2n) is 8.02. The second-order valence-corrected chi connectivity index (χ2v) is 8.02. The average molecular weight is 443 g/mol. The van der Waals surface area contributed by atoms with E-state index in [0.29, 0.717) is 28.3 Å². The molecule has 10 heteroatoms.